The first-order valence-corrected chi connectivity index (χ1v) is 12.2. The van der Waals surface area contributed by atoms with Crippen molar-refractivity contribution in [1.29, 1.82) is 5.26 Å². The first-order valence-electron chi connectivity index (χ1n) is 12.2. The van der Waals surface area contributed by atoms with Crippen molar-refractivity contribution in [2.24, 2.45) is 0 Å². The molecule has 0 N–H and O–H groups in total. The van der Waals surface area contributed by atoms with E-state index in [0.29, 0.717) is 11.1 Å². The van der Waals surface area contributed by atoms with Gasteiger partial charge in [-0.05, 0) is 62.7 Å². The Kier molecular flexibility index (Phi) is 8.96. The largest absolute Gasteiger partial charge is 0.498 e. The Morgan fingerprint density at radius 1 is 1.18 bits per heavy atom. The van der Waals surface area contributed by atoms with Gasteiger partial charge in [0.2, 0.25) is 0 Å². The fourth-order valence-corrected chi connectivity index (χ4v) is 4.44. The average molecular weight is 442 g/mol. The van der Waals surface area contributed by atoms with E-state index in [-0.39, 0.29) is 0 Å². The Morgan fingerprint density at radius 3 is 2.52 bits per heavy atom. The maximum Gasteiger partial charge on any atom is 0.147 e. The van der Waals surface area contributed by atoms with Crippen molar-refractivity contribution >= 4 is 5.82 Å². The first-order chi connectivity index (χ1) is 16.1. The minimum absolute atomic E-state index is 0.586. The number of anilines is 1. The molecule has 2 heterocycles. The van der Waals surface area contributed by atoms with E-state index in [4.69, 9.17) is 16.1 Å². The van der Waals surface area contributed by atoms with E-state index in [0.717, 1.165) is 93.0 Å². The molecule has 0 radical (unpaired) electrons. The number of rotatable bonds is 10. The Hall–Kier alpha value is -3.24. The van der Waals surface area contributed by atoms with Crippen LogP contribution in [0.1, 0.15) is 74.8 Å². The minimum Gasteiger partial charge on any atom is -0.498 e. The lowest BCUT2D eigenvalue weighted by atomic mass is 9.93. The third-order valence-electron chi connectivity index (χ3n) is 6.09. The monoisotopic (exact) mass is 441 g/mol. The zero-order valence-electron chi connectivity index (χ0n) is 20.3. The van der Waals surface area contributed by atoms with Crippen LogP contribution in [0.25, 0.3) is 11.1 Å². The van der Waals surface area contributed by atoms with Gasteiger partial charge in [0.05, 0.1) is 23.6 Å². The maximum absolute atomic E-state index is 10.0. The van der Waals surface area contributed by atoms with Gasteiger partial charge in [0.25, 0.3) is 0 Å². The lowest BCUT2D eigenvalue weighted by molar-refractivity contribution is 0.197. The van der Waals surface area contributed by atoms with Crippen LogP contribution in [0.4, 0.5) is 5.82 Å². The van der Waals surface area contributed by atoms with Gasteiger partial charge in [0.15, 0.2) is 0 Å². The molecule has 1 fully saturated rings. The van der Waals surface area contributed by atoms with Crippen molar-refractivity contribution in [3.63, 3.8) is 0 Å². The van der Waals surface area contributed by atoms with Crippen LogP contribution >= 0.6 is 0 Å². The molecule has 1 saturated heterocycles. The van der Waals surface area contributed by atoms with Crippen molar-refractivity contribution in [2.45, 2.75) is 65.7 Å². The van der Waals surface area contributed by atoms with Crippen LogP contribution in [0.5, 0.6) is 0 Å². The second-order valence-corrected chi connectivity index (χ2v) is 8.57. The number of pyridine rings is 1. The molecule has 0 atom stereocenters. The van der Waals surface area contributed by atoms with Gasteiger partial charge < -0.3 is 9.64 Å². The summed E-state index contributed by atoms with van der Waals surface area (Å²) in [6.45, 7) is 8.86. The molecule has 172 valence electrons. The molecule has 33 heavy (non-hydrogen) atoms. The van der Waals surface area contributed by atoms with Gasteiger partial charge in [-0.15, -0.1) is 6.42 Å². The molecule has 4 nitrogen and oxygen atoms in total. The topological polar surface area (TPSA) is 49.2 Å². The summed E-state index contributed by atoms with van der Waals surface area (Å²) in [5.41, 5.74) is 5.16. The molecule has 2 aromatic rings. The third kappa shape index (κ3) is 5.96. The Bertz CT molecular complexity index is 1050. The number of nitriles is 1. The summed E-state index contributed by atoms with van der Waals surface area (Å²) < 4.78 is 5.96. The molecule has 0 aliphatic carbocycles. The summed E-state index contributed by atoms with van der Waals surface area (Å²) in [6.07, 6.45) is 15.3. The molecular formula is C29H35N3O. The average Bonchev–Trinajstić information content (AvgIpc) is 3.36. The van der Waals surface area contributed by atoms with E-state index in [1.54, 1.807) is 0 Å². The highest BCUT2D eigenvalue weighted by Crippen LogP contribution is 2.35. The van der Waals surface area contributed by atoms with Crippen LogP contribution in [0.2, 0.25) is 0 Å². The molecule has 3 rings (SSSR count). The summed E-state index contributed by atoms with van der Waals surface area (Å²) in [5.74, 6) is 4.67. The van der Waals surface area contributed by atoms with Gasteiger partial charge in [0.1, 0.15) is 17.5 Å². The number of hydrogen-bond acceptors (Lipinski definition) is 4. The summed E-state index contributed by atoms with van der Waals surface area (Å²) in [4.78, 5) is 6.95. The molecular weight excluding hydrogens is 406 g/mol. The molecule has 1 aliphatic heterocycles. The van der Waals surface area contributed by atoms with Crippen molar-refractivity contribution in [3.05, 3.63) is 58.5 Å². The quantitative estimate of drug-likeness (QED) is 0.238. The SMILES string of the molecule is C#Cc1c(C)nc(N2CCCC2)c(C#N)c1-c1ccc(CCCO/C(=C\CC)CCC)cc1. The van der Waals surface area contributed by atoms with Crippen molar-refractivity contribution in [3.8, 4) is 29.5 Å². The molecule has 4 heteroatoms. The van der Waals surface area contributed by atoms with Crippen molar-refractivity contribution in [2.75, 3.05) is 24.6 Å². The molecule has 0 unspecified atom stereocenters. The first kappa shape index (κ1) is 24.4. The fraction of sp³-hybridized carbons (Fsp3) is 0.448. The smallest absolute Gasteiger partial charge is 0.147 e. The summed E-state index contributed by atoms with van der Waals surface area (Å²) in [7, 11) is 0. The lowest BCUT2D eigenvalue weighted by Crippen LogP contribution is -2.21. The predicted octanol–water partition coefficient (Wildman–Crippen LogP) is 6.55. The number of allylic oxidation sites excluding steroid dienone is 2. The number of aromatic nitrogens is 1. The number of hydrogen-bond donors (Lipinski definition) is 0. The minimum atomic E-state index is 0.586. The fourth-order valence-electron chi connectivity index (χ4n) is 4.44. The van der Waals surface area contributed by atoms with Crippen LogP contribution in [0.3, 0.4) is 0 Å². The van der Waals surface area contributed by atoms with E-state index in [1.807, 2.05) is 6.92 Å². The number of ether oxygens (including phenoxy) is 1. The van der Waals surface area contributed by atoms with Gasteiger partial charge in [-0.3, -0.25) is 0 Å². The van der Waals surface area contributed by atoms with Gasteiger partial charge in [0, 0.05) is 25.1 Å². The zero-order valence-corrected chi connectivity index (χ0v) is 20.3. The van der Waals surface area contributed by atoms with Crippen LogP contribution in [0.15, 0.2) is 36.1 Å². The Labute approximate surface area is 199 Å². The number of terminal acetylenes is 1. The standard InChI is InChI=1S/C29H35N3O/c1-5-11-25(12-6-2)33-20-10-13-23-14-16-24(17-15-23)28-26(7-3)22(4)31-29(27(28)21-30)32-18-8-9-19-32/h3,11,14-17H,5-6,8-10,12-13,18-20H2,1-2,4H3/b25-11-. The van der Waals surface area contributed by atoms with Gasteiger partial charge >= 0.3 is 0 Å². The van der Waals surface area contributed by atoms with Crippen molar-refractivity contribution in [1.82, 2.24) is 4.98 Å². The lowest BCUT2D eigenvalue weighted by Gasteiger charge is -2.21. The second-order valence-electron chi connectivity index (χ2n) is 8.57. The Morgan fingerprint density at radius 2 is 1.91 bits per heavy atom. The zero-order chi connectivity index (χ0) is 23.6. The molecule has 0 amide bonds. The van der Waals surface area contributed by atoms with E-state index >= 15 is 0 Å². The van der Waals surface area contributed by atoms with Gasteiger partial charge in [-0.25, -0.2) is 4.98 Å². The normalized spacial score (nSPS) is 13.6. The third-order valence-corrected chi connectivity index (χ3v) is 6.09. The molecule has 0 bridgehead atoms. The van der Waals surface area contributed by atoms with Crippen LogP contribution < -0.4 is 4.90 Å². The van der Waals surface area contributed by atoms with E-state index in [9.17, 15) is 5.26 Å². The van der Waals surface area contributed by atoms with Gasteiger partial charge in [-0.2, -0.15) is 5.26 Å². The molecule has 1 aromatic carbocycles. The van der Waals surface area contributed by atoms with Crippen molar-refractivity contribution < 1.29 is 4.74 Å². The maximum atomic E-state index is 10.0. The predicted molar refractivity (Wildman–Crippen MR) is 136 cm³/mol. The molecule has 0 spiro atoms. The van der Waals surface area contributed by atoms with Crippen LogP contribution in [-0.4, -0.2) is 24.7 Å². The van der Waals surface area contributed by atoms with Crippen LogP contribution in [-0.2, 0) is 11.2 Å². The molecule has 1 aromatic heterocycles. The number of nitrogens with zero attached hydrogens (tertiary/aromatic N) is 3. The molecule has 1 aliphatic rings. The van der Waals surface area contributed by atoms with Gasteiger partial charge in [-0.1, -0.05) is 44.0 Å². The Balaban J connectivity index is 1.78. The second kappa shape index (κ2) is 12.1. The molecule has 0 saturated carbocycles. The number of benzene rings is 1. The summed E-state index contributed by atoms with van der Waals surface area (Å²) in [5, 5.41) is 10.0. The van der Waals surface area contributed by atoms with Crippen LogP contribution in [0, 0.1) is 30.6 Å². The highest BCUT2D eigenvalue weighted by molar-refractivity contribution is 5.82. The van der Waals surface area contributed by atoms with E-state index < -0.39 is 0 Å². The highest BCUT2D eigenvalue weighted by atomic mass is 16.5. The highest BCUT2D eigenvalue weighted by Gasteiger charge is 2.24. The van der Waals surface area contributed by atoms with E-state index in [1.165, 1.54) is 5.56 Å². The van der Waals surface area contributed by atoms with E-state index in [2.05, 4.69) is 61.1 Å². The number of aryl methyl sites for hydroxylation is 2. The summed E-state index contributed by atoms with van der Waals surface area (Å²) in [6, 6.07) is 10.8. The summed E-state index contributed by atoms with van der Waals surface area (Å²) >= 11 is 0.